The molecule has 0 spiro atoms. The van der Waals surface area contributed by atoms with Crippen LogP contribution in [0.15, 0.2) is 48.7 Å². The highest BCUT2D eigenvalue weighted by molar-refractivity contribution is 5.94. The van der Waals surface area contributed by atoms with Crippen LogP contribution in [0.4, 0.5) is 0 Å². The van der Waals surface area contributed by atoms with Gasteiger partial charge in [0.2, 0.25) is 5.91 Å². The van der Waals surface area contributed by atoms with Crippen LogP contribution >= 0.6 is 0 Å². The van der Waals surface area contributed by atoms with Crippen molar-refractivity contribution in [2.75, 3.05) is 40.3 Å². The quantitative estimate of drug-likeness (QED) is 0.811. The molecule has 2 aromatic rings. The molecule has 0 saturated carbocycles. The predicted octanol–water partition coefficient (Wildman–Crippen LogP) is 1.69. The number of carbonyl (C=O) groups excluding carboxylic acids is 2. The van der Waals surface area contributed by atoms with E-state index in [4.69, 9.17) is 0 Å². The van der Waals surface area contributed by atoms with E-state index in [0.29, 0.717) is 25.3 Å². The molecule has 0 bridgehead atoms. The molecule has 6 heteroatoms. The van der Waals surface area contributed by atoms with Crippen molar-refractivity contribution in [3.63, 3.8) is 0 Å². The molecule has 6 nitrogen and oxygen atoms in total. The van der Waals surface area contributed by atoms with Gasteiger partial charge in [-0.3, -0.25) is 14.5 Å². The highest BCUT2D eigenvalue weighted by Crippen LogP contribution is 2.44. The van der Waals surface area contributed by atoms with E-state index >= 15 is 0 Å². The average molecular weight is 380 g/mol. The summed E-state index contributed by atoms with van der Waals surface area (Å²) in [6, 6.07) is 14.1. The molecular formula is C22H28N4O2. The molecule has 3 heterocycles. The van der Waals surface area contributed by atoms with Gasteiger partial charge in [0.1, 0.15) is 5.69 Å². The maximum Gasteiger partial charge on any atom is 0.270 e. The highest BCUT2D eigenvalue weighted by atomic mass is 16.2. The number of nitrogens with zero attached hydrogens (tertiary/aromatic N) is 4. The molecule has 4 rings (SSSR count). The molecule has 28 heavy (non-hydrogen) atoms. The van der Waals surface area contributed by atoms with Gasteiger partial charge in [-0.05, 0) is 17.7 Å². The second-order valence-corrected chi connectivity index (χ2v) is 8.40. The van der Waals surface area contributed by atoms with Crippen LogP contribution in [-0.2, 0) is 18.4 Å². The van der Waals surface area contributed by atoms with Gasteiger partial charge in [-0.1, -0.05) is 30.3 Å². The topological polar surface area (TPSA) is 48.8 Å². The maximum atomic E-state index is 13.2. The lowest BCUT2D eigenvalue weighted by molar-refractivity contribution is -0.139. The Morgan fingerprint density at radius 1 is 1.07 bits per heavy atom. The van der Waals surface area contributed by atoms with Crippen molar-refractivity contribution in [3.8, 4) is 0 Å². The summed E-state index contributed by atoms with van der Waals surface area (Å²) in [6.07, 6.45) is 1.88. The number of hydrogen-bond acceptors (Lipinski definition) is 3. The normalized spacial score (nSPS) is 24.4. The van der Waals surface area contributed by atoms with Gasteiger partial charge < -0.3 is 14.4 Å². The summed E-state index contributed by atoms with van der Waals surface area (Å²) >= 11 is 0. The lowest BCUT2D eigenvalue weighted by atomic mass is 9.80. The summed E-state index contributed by atoms with van der Waals surface area (Å²) in [5.74, 6) is 0.313. The fourth-order valence-corrected chi connectivity index (χ4v) is 4.88. The smallest absolute Gasteiger partial charge is 0.270 e. The Kier molecular flexibility index (Phi) is 4.75. The standard InChI is InChI=1S/C22H28N4O2/c1-23(2)21(28)22-15-25(12-17-8-5-4-6-9-17)13-18(22)14-26(16-22)20(27)19-10-7-11-24(19)3/h4-11,18H,12-16H2,1-3H3/t18-,22-/m0/s1. The molecule has 1 aromatic carbocycles. The first-order valence-electron chi connectivity index (χ1n) is 9.79. The summed E-state index contributed by atoms with van der Waals surface area (Å²) in [5, 5.41) is 0. The average Bonchev–Trinajstić information content (AvgIpc) is 3.34. The van der Waals surface area contributed by atoms with E-state index < -0.39 is 5.41 Å². The second kappa shape index (κ2) is 7.09. The lowest BCUT2D eigenvalue weighted by Crippen LogP contribution is -2.47. The molecule has 2 aliphatic rings. The van der Waals surface area contributed by atoms with E-state index in [1.807, 2.05) is 67.1 Å². The molecule has 1 aromatic heterocycles. The lowest BCUT2D eigenvalue weighted by Gasteiger charge is -2.31. The molecule has 0 radical (unpaired) electrons. The zero-order valence-corrected chi connectivity index (χ0v) is 16.8. The number of fused-ring (bicyclic) bond motifs is 1. The molecule has 0 unspecified atom stereocenters. The highest BCUT2D eigenvalue weighted by Gasteiger charge is 2.58. The first-order valence-corrected chi connectivity index (χ1v) is 9.79. The maximum absolute atomic E-state index is 13.2. The molecule has 0 N–H and O–H groups in total. The summed E-state index contributed by atoms with van der Waals surface area (Å²) in [5.41, 5.74) is 1.42. The van der Waals surface area contributed by atoms with Gasteiger partial charge in [-0.2, -0.15) is 0 Å². The summed E-state index contributed by atoms with van der Waals surface area (Å²) in [4.78, 5) is 32.2. The van der Waals surface area contributed by atoms with Crippen molar-refractivity contribution in [2.45, 2.75) is 6.54 Å². The number of benzene rings is 1. The van der Waals surface area contributed by atoms with E-state index in [1.165, 1.54) is 5.56 Å². The molecule has 2 fully saturated rings. The molecular weight excluding hydrogens is 352 g/mol. The Labute approximate surface area is 166 Å². The van der Waals surface area contributed by atoms with Crippen LogP contribution in [0, 0.1) is 11.3 Å². The zero-order valence-electron chi connectivity index (χ0n) is 16.8. The summed E-state index contributed by atoms with van der Waals surface area (Å²) in [7, 11) is 5.51. The number of aromatic nitrogens is 1. The summed E-state index contributed by atoms with van der Waals surface area (Å²) in [6.45, 7) is 3.50. The minimum absolute atomic E-state index is 0.0161. The van der Waals surface area contributed by atoms with Gasteiger partial charge in [0.15, 0.2) is 0 Å². The zero-order chi connectivity index (χ0) is 19.9. The molecule has 148 valence electrons. The first-order chi connectivity index (χ1) is 13.4. The van der Waals surface area contributed by atoms with Crippen LogP contribution < -0.4 is 0 Å². The Balaban J connectivity index is 1.56. The minimum Gasteiger partial charge on any atom is -0.348 e. The fraction of sp³-hybridized carbons (Fsp3) is 0.455. The van der Waals surface area contributed by atoms with Crippen molar-refractivity contribution < 1.29 is 9.59 Å². The van der Waals surface area contributed by atoms with Gasteiger partial charge in [-0.15, -0.1) is 0 Å². The number of amides is 2. The molecule has 0 aliphatic carbocycles. The van der Waals surface area contributed by atoms with Gasteiger partial charge in [-0.25, -0.2) is 0 Å². The van der Waals surface area contributed by atoms with Crippen LogP contribution in [0.25, 0.3) is 0 Å². The molecule has 2 atom stereocenters. The number of likely N-dealkylation sites (tertiary alicyclic amines) is 2. The Morgan fingerprint density at radius 2 is 1.82 bits per heavy atom. The molecule has 2 saturated heterocycles. The van der Waals surface area contributed by atoms with E-state index in [1.54, 1.807) is 4.90 Å². The van der Waals surface area contributed by atoms with Gasteiger partial charge >= 0.3 is 0 Å². The van der Waals surface area contributed by atoms with Crippen LogP contribution in [-0.4, -0.2) is 71.4 Å². The second-order valence-electron chi connectivity index (χ2n) is 8.40. The number of carbonyl (C=O) groups is 2. The van der Waals surface area contributed by atoms with Crippen molar-refractivity contribution in [2.24, 2.45) is 18.4 Å². The van der Waals surface area contributed by atoms with Crippen molar-refractivity contribution >= 4 is 11.8 Å². The molecule has 2 amide bonds. The van der Waals surface area contributed by atoms with Crippen LogP contribution in [0.5, 0.6) is 0 Å². The van der Waals surface area contributed by atoms with Crippen molar-refractivity contribution in [1.82, 2.24) is 19.3 Å². The van der Waals surface area contributed by atoms with Crippen molar-refractivity contribution in [3.05, 3.63) is 59.9 Å². The predicted molar refractivity (Wildman–Crippen MR) is 108 cm³/mol. The Bertz CT molecular complexity index is 876. The fourth-order valence-electron chi connectivity index (χ4n) is 4.88. The minimum atomic E-state index is -0.515. The van der Waals surface area contributed by atoms with E-state index in [0.717, 1.165) is 13.1 Å². The number of aryl methyl sites for hydroxylation is 1. The van der Waals surface area contributed by atoms with Gasteiger partial charge in [0, 0.05) is 66.0 Å². The number of rotatable bonds is 4. The van der Waals surface area contributed by atoms with Crippen LogP contribution in [0.2, 0.25) is 0 Å². The monoisotopic (exact) mass is 380 g/mol. The third-order valence-electron chi connectivity index (χ3n) is 6.21. The Morgan fingerprint density at radius 3 is 2.46 bits per heavy atom. The van der Waals surface area contributed by atoms with Gasteiger partial charge in [0.05, 0.1) is 5.41 Å². The van der Waals surface area contributed by atoms with E-state index in [-0.39, 0.29) is 17.7 Å². The molecule has 2 aliphatic heterocycles. The first kappa shape index (κ1) is 18.7. The van der Waals surface area contributed by atoms with Crippen LogP contribution in [0.1, 0.15) is 16.1 Å². The summed E-state index contributed by atoms with van der Waals surface area (Å²) < 4.78 is 1.85. The Hall–Kier alpha value is -2.60. The third kappa shape index (κ3) is 3.11. The largest absolute Gasteiger partial charge is 0.348 e. The number of hydrogen-bond donors (Lipinski definition) is 0. The SMILES string of the molecule is CN(C)C(=O)[C@]12CN(Cc3ccccc3)C[C@H]1CN(C(=O)c1cccn1C)C2. The van der Waals surface area contributed by atoms with Crippen LogP contribution in [0.3, 0.4) is 0 Å². The van der Waals surface area contributed by atoms with E-state index in [2.05, 4.69) is 17.0 Å². The van der Waals surface area contributed by atoms with Gasteiger partial charge in [0.25, 0.3) is 5.91 Å². The third-order valence-corrected chi connectivity index (χ3v) is 6.21. The van der Waals surface area contributed by atoms with Crippen molar-refractivity contribution in [1.29, 1.82) is 0 Å². The van der Waals surface area contributed by atoms with E-state index in [9.17, 15) is 9.59 Å².